The Morgan fingerprint density at radius 2 is 2.05 bits per heavy atom. The fourth-order valence-corrected chi connectivity index (χ4v) is 2.60. The van der Waals surface area contributed by atoms with Crippen molar-refractivity contribution < 1.29 is 4.79 Å². The van der Waals surface area contributed by atoms with Crippen LogP contribution in [0.1, 0.15) is 12.8 Å². The molecule has 6 nitrogen and oxygen atoms in total. The van der Waals surface area contributed by atoms with Gasteiger partial charge >= 0.3 is 0 Å². The maximum atomic E-state index is 11.7. The number of rotatable bonds is 4. The van der Waals surface area contributed by atoms with E-state index in [1.165, 1.54) is 6.07 Å². The van der Waals surface area contributed by atoms with Gasteiger partial charge in [0, 0.05) is 44.0 Å². The number of hydrogen-bond donors (Lipinski definition) is 2. The summed E-state index contributed by atoms with van der Waals surface area (Å²) >= 11 is 0. The zero-order chi connectivity index (χ0) is 14.5. The van der Waals surface area contributed by atoms with Crippen molar-refractivity contribution >= 4 is 11.6 Å². The summed E-state index contributed by atoms with van der Waals surface area (Å²) in [5.41, 5.74) is 6.26. The average molecular weight is 278 g/mol. The molecular weight excluding hydrogens is 256 g/mol. The van der Waals surface area contributed by atoms with Crippen molar-refractivity contribution in [3.8, 4) is 0 Å². The maximum absolute atomic E-state index is 11.7. The number of nitrogens with one attached hydrogen (secondary N) is 1. The van der Waals surface area contributed by atoms with E-state index >= 15 is 0 Å². The molecule has 1 aliphatic rings. The van der Waals surface area contributed by atoms with Gasteiger partial charge in [-0.05, 0) is 32.0 Å². The first-order chi connectivity index (χ1) is 9.60. The average Bonchev–Trinajstić information content (AvgIpc) is 2.48. The topological polar surface area (TPSA) is 80.4 Å². The third-order valence-corrected chi connectivity index (χ3v) is 3.87. The van der Waals surface area contributed by atoms with Crippen LogP contribution in [0.4, 0.5) is 5.69 Å². The van der Waals surface area contributed by atoms with Crippen LogP contribution in [0.25, 0.3) is 0 Å². The number of aromatic nitrogens is 1. The van der Waals surface area contributed by atoms with Crippen LogP contribution in [0.15, 0.2) is 23.1 Å². The number of piperidine rings is 1. The van der Waals surface area contributed by atoms with Gasteiger partial charge < -0.3 is 20.5 Å². The predicted octanol–water partition coefficient (Wildman–Crippen LogP) is -0.111. The quantitative estimate of drug-likeness (QED) is 0.805. The molecule has 1 saturated heterocycles. The van der Waals surface area contributed by atoms with Crippen molar-refractivity contribution in [3.05, 3.63) is 28.7 Å². The molecule has 0 spiro atoms. The molecule has 20 heavy (non-hydrogen) atoms. The number of nitrogens with two attached hydrogens (primary N) is 1. The van der Waals surface area contributed by atoms with Gasteiger partial charge in [0.2, 0.25) is 5.91 Å². The number of hydrogen-bond acceptors (Lipinski definition) is 4. The number of carbonyl (C=O) groups is 1. The Morgan fingerprint density at radius 3 is 2.70 bits per heavy atom. The molecule has 1 aromatic heterocycles. The van der Waals surface area contributed by atoms with Gasteiger partial charge in [0.1, 0.15) is 0 Å². The van der Waals surface area contributed by atoms with Gasteiger partial charge in [0.15, 0.2) is 0 Å². The Kier molecular flexibility index (Phi) is 4.79. The lowest BCUT2D eigenvalue weighted by atomic mass is 9.96. The van der Waals surface area contributed by atoms with Crippen LogP contribution >= 0.6 is 0 Å². The first-order valence-electron chi connectivity index (χ1n) is 7.00. The second-order valence-electron chi connectivity index (χ2n) is 5.22. The Morgan fingerprint density at radius 1 is 1.35 bits per heavy atom. The monoisotopic (exact) mass is 278 g/mol. The summed E-state index contributed by atoms with van der Waals surface area (Å²) in [5, 5.41) is 2.70. The number of nitrogens with zero attached hydrogens (tertiary/aromatic N) is 2. The first kappa shape index (κ1) is 14.6. The van der Waals surface area contributed by atoms with Crippen molar-refractivity contribution in [2.75, 3.05) is 32.4 Å². The van der Waals surface area contributed by atoms with E-state index in [-0.39, 0.29) is 17.4 Å². The summed E-state index contributed by atoms with van der Waals surface area (Å²) in [6.07, 6.45) is 3.44. The minimum atomic E-state index is -0.0283. The minimum absolute atomic E-state index is 0.0283. The summed E-state index contributed by atoms with van der Waals surface area (Å²) < 4.78 is 1.64. The summed E-state index contributed by atoms with van der Waals surface area (Å²) in [5.74, 6) is 0.267. The number of nitrogen functional groups attached to an aromatic ring is 1. The molecule has 0 aliphatic carbocycles. The first-order valence-corrected chi connectivity index (χ1v) is 7.00. The van der Waals surface area contributed by atoms with Crippen LogP contribution in [0.5, 0.6) is 0 Å². The maximum Gasteiger partial charge on any atom is 0.250 e. The highest BCUT2D eigenvalue weighted by atomic mass is 16.1. The van der Waals surface area contributed by atoms with Gasteiger partial charge in [-0.25, -0.2) is 0 Å². The van der Waals surface area contributed by atoms with Crippen LogP contribution in [-0.2, 0) is 11.3 Å². The SMILES string of the molecule is CNC(=O)C1CCN(CCn2cc(N)ccc2=O)CC1. The lowest BCUT2D eigenvalue weighted by Gasteiger charge is -2.31. The standard InChI is InChI=1S/C14H22N4O2/c1-16-14(20)11-4-6-17(7-5-11)8-9-18-10-12(15)2-3-13(18)19/h2-3,10-11H,4-9,15H2,1H3,(H,16,20). The van der Waals surface area contributed by atoms with Crippen LogP contribution in [0, 0.1) is 5.92 Å². The van der Waals surface area contributed by atoms with Crippen LogP contribution < -0.4 is 16.6 Å². The second kappa shape index (κ2) is 6.56. The summed E-state index contributed by atoms with van der Waals surface area (Å²) in [7, 11) is 1.68. The second-order valence-corrected chi connectivity index (χ2v) is 5.22. The molecule has 0 saturated carbocycles. The zero-order valence-corrected chi connectivity index (χ0v) is 11.8. The van der Waals surface area contributed by atoms with E-state index in [2.05, 4.69) is 10.2 Å². The fourth-order valence-electron chi connectivity index (χ4n) is 2.60. The van der Waals surface area contributed by atoms with Gasteiger partial charge in [-0.2, -0.15) is 0 Å². The van der Waals surface area contributed by atoms with E-state index in [4.69, 9.17) is 5.73 Å². The molecule has 2 rings (SSSR count). The molecule has 0 atom stereocenters. The Hall–Kier alpha value is -1.82. The van der Waals surface area contributed by atoms with E-state index in [0.717, 1.165) is 32.5 Å². The molecule has 1 aliphatic heterocycles. The van der Waals surface area contributed by atoms with Crippen LogP contribution in [-0.4, -0.2) is 42.1 Å². The Balaban J connectivity index is 1.83. The molecule has 1 amide bonds. The van der Waals surface area contributed by atoms with E-state index < -0.39 is 0 Å². The number of pyridine rings is 1. The molecule has 0 radical (unpaired) electrons. The molecule has 0 aromatic carbocycles. The number of amides is 1. The third kappa shape index (κ3) is 3.60. The fraction of sp³-hybridized carbons (Fsp3) is 0.571. The molecule has 0 unspecified atom stereocenters. The van der Waals surface area contributed by atoms with E-state index in [9.17, 15) is 9.59 Å². The molecule has 0 bridgehead atoms. The number of carbonyl (C=O) groups excluding carboxylic acids is 1. The number of likely N-dealkylation sites (tertiary alicyclic amines) is 1. The molecule has 1 fully saturated rings. The predicted molar refractivity (Wildman–Crippen MR) is 78.3 cm³/mol. The van der Waals surface area contributed by atoms with Crippen molar-refractivity contribution in [3.63, 3.8) is 0 Å². The van der Waals surface area contributed by atoms with Crippen molar-refractivity contribution in [2.24, 2.45) is 5.92 Å². The summed E-state index contributed by atoms with van der Waals surface area (Å²) in [6, 6.07) is 3.11. The summed E-state index contributed by atoms with van der Waals surface area (Å²) in [4.78, 5) is 25.5. The van der Waals surface area contributed by atoms with Gasteiger partial charge in [-0.15, -0.1) is 0 Å². The lowest BCUT2D eigenvalue weighted by molar-refractivity contribution is -0.125. The third-order valence-electron chi connectivity index (χ3n) is 3.87. The highest BCUT2D eigenvalue weighted by molar-refractivity contribution is 5.78. The van der Waals surface area contributed by atoms with Gasteiger partial charge in [0.05, 0.1) is 0 Å². The highest BCUT2D eigenvalue weighted by Gasteiger charge is 2.23. The molecule has 3 N–H and O–H groups in total. The summed E-state index contributed by atoms with van der Waals surface area (Å²) in [6.45, 7) is 3.24. The molecule has 6 heteroatoms. The number of anilines is 1. The van der Waals surface area contributed by atoms with Crippen LogP contribution in [0.3, 0.4) is 0 Å². The van der Waals surface area contributed by atoms with Crippen LogP contribution in [0.2, 0.25) is 0 Å². The zero-order valence-electron chi connectivity index (χ0n) is 11.8. The smallest absolute Gasteiger partial charge is 0.250 e. The Labute approximate surface area is 118 Å². The van der Waals surface area contributed by atoms with Gasteiger partial charge in [-0.1, -0.05) is 0 Å². The lowest BCUT2D eigenvalue weighted by Crippen LogP contribution is -2.41. The van der Waals surface area contributed by atoms with Gasteiger partial charge in [-0.3, -0.25) is 9.59 Å². The van der Waals surface area contributed by atoms with Gasteiger partial charge in [0.25, 0.3) is 5.56 Å². The van der Waals surface area contributed by atoms with Crippen molar-refractivity contribution in [1.29, 1.82) is 0 Å². The molecular formula is C14H22N4O2. The highest BCUT2D eigenvalue weighted by Crippen LogP contribution is 2.16. The minimum Gasteiger partial charge on any atom is -0.398 e. The normalized spacial score (nSPS) is 17.1. The Bertz CT molecular complexity index is 518. The van der Waals surface area contributed by atoms with E-state index in [1.807, 2.05) is 0 Å². The van der Waals surface area contributed by atoms with Crippen molar-refractivity contribution in [2.45, 2.75) is 19.4 Å². The largest absolute Gasteiger partial charge is 0.398 e. The van der Waals surface area contributed by atoms with Crippen molar-refractivity contribution in [1.82, 2.24) is 14.8 Å². The van der Waals surface area contributed by atoms with E-state index in [1.54, 1.807) is 23.9 Å². The van der Waals surface area contributed by atoms with E-state index in [0.29, 0.717) is 12.2 Å². The molecule has 2 heterocycles. The molecule has 110 valence electrons. The molecule has 1 aromatic rings.